The quantitative estimate of drug-likeness (QED) is 0.731. The Labute approximate surface area is 92.9 Å². The monoisotopic (exact) mass is 223 g/mol. The summed E-state index contributed by atoms with van der Waals surface area (Å²) in [5, 5.41) is 10.7. The van der Waals surface area contributed by atoms with E-state index in [-0.39, 0.29) is 18.0 Å². The average molecular weight is 224 g/mol. The number of anilines is 1. The standard InChI is InChI=1S/C11H9NO2.ClH/c12-10-6-8-4-2-1-3-7(8)5-9(10)11(13)14;/h1-6H,12H2,(H,13,14);1H. The van der Waals surface area contributed by atoms with E-state index in [4.69, 9.17) is 10.8 Å². The number of hydrogen-bond donors (Lipinski definition) is 2. The van der Waals surface area contributed by atoms with Gasteiger partial charge in [-0.15, -0.1) is 12.4 Å². The van der Waals surface area contributed by atoms with E-state index in [1.807, 2.05) is 24.3 Å². The van der Waals surface area contributed by atoms with Crippen LogP contribution in [0.5, 0.6) is 0 Å². The van der Waals surface area contributed by atoms with E-state index >= 15 is 0 Å². The number of nitrogen functional groups attached to an aromatic ring is 1. The Kier molecular flexibility index (Phi) is 3.17. The van der Waals surface area contributed by atoms with Crippen LogP contribution in [0.2, 0.25) is 0 Å². The van der Waals surface area contributed by atoms with Crippen LogP contribution in [0.1, 0.15) is 10.4 Å². The smallest absolute Gasteiger partial charge is 0.337 e. The van der Waals surface area contributed by atoms with Crippen LogP contribution >= 0.6 is 12.4 Å². The number of fused-ring (bicyclic) bond motifs is 1. The molecule has 15 heavy (non-hydrogen) atoms. The molecule has 0 atom stereocenters. The van der Waals surface area contributed by atoms with Gasteiger partial charge in [0.25, 0.3) is 0 Å². The van der Waals surface area contributed by atoms with Crippen molar-refractivity contribution in [2.45, 2.75) is 0 Å². The summed E-state index contributed by atoms with van der Waals surface area (Å²) in [5.41, 5.74) is 6.06. The number of rotatable bonds is 1. The van der Waals surface area contributed by atoms with Crippen molar-refractivity contribution in [1.29, 1.82) is 0 Å². The van der Waals surface area contributed by atoms with Gasteiger partial charge in [0.1, 0.15) is 0 Å². The van der Waals surface area contributed by atoms with Crippen molar-refractivity contribution in [1.82, 2.24) is 0 Å². The van der Waals surface area contributed by atoms with Gasteiger partial charge in [0, 0.05) is 5.69 Å². The van der Waals surface area contributed by atoms with Crippen molar-refractivity contribution in [3.05, 3.63) is 42.0 Å². The molecule has 0 aliphatic rings. The minimum Gasteiger partial charge on any atom is -0.478 e. The predicted octanol–water partition coefficient (Wildman–Crippen LogP) is 2.54. The van der Waals surface area contributed by atoms with Crippen molar-refractivity contribution in [3.63, 3.8) is 0 Å². The van der Waals surface area contributed by atoms with Gasteiger partial charge in [-0.05, 0) is 22.9 Å². The lowest BCUT2D eigenvalue weighted by Gasteiger charge is -2.03. The first-order valence-electron chi connectivity index (χ1n) is 4.20. The van der Waals surface area contributed by atoms with E-state index in [1.54, 1.807) is 12.1 Å². The predicted molar refractivity (Wildman–Crippen MR) is 62.6 cm³/mol. The highest BCUT2D eigenvalue weighted by Gasteiger charge is 2.08. The summed E-state index contributed by atoms with van der Waals surface area (Å²) in [5.74, 6) is -0.992. The molecule has 0 aromatic heterocycles. The van der Waals surface area contributed by atoms with E-state index < -0.39 is 5.97 Å². The van der Waals surface area contributed by atoms with Crippen LogP contribution in [0.4, 0.5) is 5.69 Å². The Morgan fingerprint density at radius 2 is 1.67 bits per heavy atom. The van der Waals surface area contributed by atoms with Crippen LogP contribution in [0.15, 0.2) is 36.4 Å². The van der Waals surface area contributed by atoms with E-state index in [1.165, 1.54) is 0 Å². The first kappa shape index (κ1) is 11.3. The first-order chi connectivity index (χ1) is 6.68. The molecule has 0 spiro atoms. The zero-order valence-corrected chi connectivity index (χ0v) is 8.62. The van der Waals surface area contributed by atoms with Gasteiger partial charge in [0.05, 0.1) is 5.56 Å². The van der Waals surface area contributed by atoms with E-state index in [2.05, 4.69) is 0 Å². The van der Waals surface area contributed by atoms with Gasteiger partial charge in [0.2, 0.25) is 0 Å². The molecule has 0 fully saturated rings. The molecule has 3 nitrogen and oxygen atoms in total. The number of nitrogens with two attached hydrogens (primary N) is 1. The highest BCUT2D eigenvalue weighted by molar-refractivity contribution is 6.00. The Morgan fingerprint density at radius 3 is 2.20 bits per heavy atom. The second kappa shape index (κ2) is 4.19. The Morgan fingerprint density at radius 1 is 1.13 bits per heavy atom. The molecule has 4 heteroatoms. The number of hydrogen-bond acceptors (Lipinski definition) is 2. The number of benzene rings is 2. The normalized spacial score (nSPS) is 9.60. The van der Waals surface area contributed by atoms with Crippen molar-refractivity contribution in [3.8, 4) is 0 Å². The molecule has 2 rings (SSSR count). The molecule has 0 amide bonds. The summed E-state index contributed by atoms with van der Waals surface area (Å²) < 4.78 is 0. The van der Waals surface area contributed by atoms with Gasteiger partial charge < -0.3 is 10.8 Å². The molecule has 2 aromatic rings. The topological polar surface area (TPSA) is 63.3 Å². The summed E-state index contributed by atoms with van der Waals surface area (Å²) in [6, 6.07) is 10.8. The molecule has 3 N–H and O–H groups in total. The fourth-order valence-corrected chi connectivity index (χ4v) is 1.44. The molecule has 78 valence electrons. The summed E-state index contributed by atoms with van der Waals surface area (Å²) >= 11 is 0. The third-order valence-corrected chi connectivity index (χ3v) is 2.15. The zero-order chi connectivity index (χ0) is 10.1. The molecular weight excluding hydrogens is 214 g/mol. The molecule has 0 heterocycles. The molecule has 0 aliphatic heterocycles. The zero-order valence-electron chi connectivity index (χ0n) is 7.81. The Bertz CT molecular complexity index is 511. The lowest BCUT2D eigenvalue weighted by Crippen LogP contribution is -2.01. The van der Waals surface area contributed by atoms with Gasteiger partial charge in [-0.1, -0.05) is 24.3 Å². The molecule has 0 radical (unpaired) electrons. The first-order valence-corrected chi connectivity index (χ1v) is 4.20. The molecule has 0 bridgehead atoms. The van der Waals surface area contributed by atoms with E-state index in [0.717, 1.165) is 10.8 Å². The highest BCUT2D eigenvalue weighted by Crippen LogP contribution is 2.21. The van der Waals surface area contributed by atoms with Crippen LogP contribution in [0.3, 0.4) is 0 Å². The second-order valence-corrected chi connectivity index (χ2v) is 3.09. The number of carboxylic acids is 1. The number of carbonyl (C=O) groups is 1. The fraction of sp³-hybridized carbons (Fsp3) is 0. The minimum atomic E-state index is -0.992. The van der Waals surface area contributed by atoms with Crippen molar-refractivity contribution in [2.75, 3.05) is 5.73 Å². The second-order valence-electron chi connectivity index (χ2n) is 3.09. The minimum absolute atomic E-state index is 0. The number of halogens is 1. The molecule has 0 unspecified atom stereocenters. The number of carboxylic acid groups (broad SMARTS) is 1. The fourth-order valence-electron chi connectivity index (χ4n) is 1.44. The lowest BCUT2D eigenvalue weighted by molar-refractivity contribution is 0.0698. The third-order valence-electron chi connectivity index (χ3n) is 2.15. The van der Waals surface area contributed by atoms with Crippen LogP contribution < -0.4 is 5.73 Å². The molecule has 0 aliphatic carbocycles. The molecule has 0 saturated carbocycles. The maximum atomic E-state index is 10.8. The van der Waals surface area contributed by atoms with Gasteiger partial charge in [-0.25, -0.2) is 4.79 Å². The Balaban J connectivity index is 0.00000112. The van der Waals surface area contributed by atoms with Gasteiger partial charge in [-0.2, -0.15) is 0 Å². The SMILES string of the molecule is Cl.Nc1cc2ccccc2cc1C(=O)O. The van der Waals surface area contributed by atoms with Crippen molar-refractivity contribution >= 4 is 34.8 Å². The molecule has 2 aromatic carbocycles. The third kappa shape index (κ3) is 2.02. The largest absolute Gasteiger partial charge is 0.478 e. The van der Waals surface area contributed by atoms with Crippen LogP contribution in [0, 0.1) is 0 Å². The number of aromatic carboxylic acids is 1. The summed E-state index contributed by atoms with van der Waals surface area (Å²) in [7, 11) is 0. The van der Waals surface area contributed by atoms with Crippen LogP contribution in [-0.2, 0) is 0 Å². The van der Waals surface area contributed by atoms with E-state index in [9.17, 15) is 4.79 Å². The maximum absolute atomic E-state index is 10.8. The van der Waals surface area contributed by atoms with Crippen LogP contribution in [0.25, 0.3) is 10.8 Å². The maximum Gasteiger partial charge on any atom is 0.337 e. The highest BCUT2D eigenvalue weighted by atomic mass is 35.5. The average Bonchev–Trinajstić information content (AvgIpc) is 2.16. The summed E-state index contributed by atoms with van der Waals surface area (Å²) in [6.07, 6.45) is 0. The van der Waals surface area contributed by atoms with E-state index in [0.29, 0.717) is 5.69 Å². The van der Waals surface area contributed by atoms with Gasteiger partial charge >= 0.3 is 5.97 Å². The Hall–Kier alpha value is -1.74. The van der Waals surface area contributed by atoms with Gasteiger partial charge in [0.15, 0.2) is 0 Å². The molecule has 0 saturated heterocycles. The molecular formula is C11H10ClNO2. The van der Waals surface area contributed by atoms with Gasteiger partial charge in [-0.3, -0.25) is 0 Å². The summed E-state index contributed by atoms with van der Waals surface area (Å²) in [4.78, 5) is 10.8. The van der Waals surface area contributed by atoms with Crippen molar-refractivity contribution in [2.24, 2.45) is 0 Å². The summed E-state index contributed by atoms with van der Waals surface area (Å²) in [6.45, 7) is 0. The van der Waals surface area contributed by atoms with Crippen molar-refractivity contribution < 1.29 is 9.90 Å². The lowest BCUT2D eigenvalue weighted by atomic mass is 10.1. The van der Waals surface area contributed by atoms with Crippen LogP contribution in [-0.4, -0.2) is 11.1 Å².